The van der Waals surface area contributed by atoms with Gasteiger partial charge in [0.1, 0.15) is 18.1 Å². The second-order valence-electron chi connectivity index (χ2n) is 17.9. The van der Waals surface area contributed by atoms with Crippen molar-refractivity contribution < 1.29 is 59.7 Å². The Labute approximate surface area is 365 Å². The van der Waals surface area contributed by atoms with Gasteiger partial charge in [0.15, 0.2) is 17.3 Å². The molecule has 5 heterocycles. The summed E-state index contributed by atoms with van der Waals surface area (Å²) in [5.41, 5.74) is 3.46. The number of aromatic hydroxyl groups is 2. The number of carbonyl (C=O) groups is 1. The molecule has 1 aromatic heterocycles. The lowest BCUT2D eigenvalue weighted by atomic mass is 9.75. The smallest absolute Gasteiger partial charge is 0.333 e. The summed E-state index contributed by atoms with van der Waals surface area (Å²) in [5, 5.41) is 19.6. The molecule has 0 saturated heterocycles. The molecule has 4 aliphatic heterocycles. The summed E-state index contributed by atoms with van der Waals surface area (Å²) in [6.07, 6.45) is 15.8. The number of benzene rings is 2. The second kappa shape index (κ2) is 18.0. The average molecular weight is 897 g/mol. The average Bonchev–Trinajstić information content (AvgIpc) is 3.67. The quantitative estimate of drug-likeness (QED) is 0.0259. The fourth-order valence-electron chi connectivity index (χ4n) is 9.20. The third-order valence-corrected chi connectivity index (χ3v) is 13.1. The molecule has 3 aromatic rings. The monoisotopic (exact) mass is 896 g/mol. The standard InChI is InChI=1S/C47H53F4N3O8S/c1-46(2,3)34-28-29(32-27-30-16-13-23-52-24-14-17-31(43(30)52)45(32)61-34)15-7-5-8-18-33-47(4,22-10-12-26-63(58,59)60)38-39(48)40(49)41(50)42(51)44(38)53(33)25-11-6-9-19-37(57)62-54-35(55)20-21-36(54)56/h5,7-8,15,18,20-21,27-28H,6,9-14,16-17,19,22-26H2,1-4H3,(H2-,55,56,58,59,60)/p+1. The molecule has 0 radical (unpaired) electrons. The highest BCUT2D eigenvalue weighted by Crippen LogP contribution is 2.50. The van der Waals surface area contributed by atoms with E-state index in [0.717, 1.165) is 73.6 Å². The van der Waals surface area contributed by atoms with Crippen molar-refractivity contribution in [2.45, 2.75) is 104 Å². The number of ether oxygens (including phenoxy) is 1. The summed E-state index contributed by atoms with van der Waals surface area (Å²) < 4.78 is 103. The van der Waals surface area contributed by atoms with Gasteiger partial charge in [-0.05, 0) is 81.6 Å². The first-order chi connectivity index (χ1) is 29.8. The molecule has 0 saturated carbocycles. The van der Waals surface area contributed by atoms with Crippen LogP contribution in [0.3, 0.4) is 0 Å². The van der Waals surface area contributed by atoms with Crippen LogP contribution in [0.1, 0.15) is 108 Å². The van der Waals surface area contributed by atoms with Crippen LogP contribution in [0.2, 0.25) is 0 Å². The van der Waals surface area contributed by atoms with Crippen LogP contribution in [0.5, 0.6) is 17.5 Å². The van der Waals surface area contributed by atoms with Crippen LogP contribution < -0.4 is 14.5 Å². The number of aromatic nitrogens is 1. The van der Waals surface area contributed by atoms with Crippen molar-refractivity contribution in [3.05, 3.63) is 106 Å². The van der Waals surface area contributed by atoms with Crippen molar-refractivity contribution in [2.75, 3.05) is 30.3 Å². The minimum Gasteiger partial charge on any atom is -0.492 e. The molecule has 0 bridgehead atoms. The molecule has 1 atom stereocenters. The molecule has 2 aromatic carbocycles. The van der Waals surface area contributed by atoms with Gasteiger partial charge in [-0.25, -0.2) is 18.0 Å². The number of rotatable bonds is 15. The zero-order valence-corrected chi connectivity index (χ0v) is 36.8. The number of halogens is 4. The molecule has 11 nitrogen and oxygen atoms in total. The molecule has 0 spiro atoms. The van der Waals surface area contributed by atoms with Crippen LogP contribution in [0, 0.1) is 28.7 Å². The van der Waals surface area contributed by atoms with Gasteiger partial charge in [-0.2, -0.15) is 17.4 Å². The first kappa shape index (κ1) is 45.7. The molecule has 3 N–H and O–H groups in total. The van der Waals surface area contributed by atoms with E-state index in [1.54, 1.807) is 25.2 Å². The van der Waals surface area contributed by atoms with Crippen LogP contribution in [0.4, 0.5) is 28.9 Å². The number of nitrogens with zero attached hydrogens (tertiary/aromatic N) is 3. The van der Waals surface area contributed by atoms with E-state index in [2.05, 4.69) is 37.8 Å². The number of hydrogen-bond acceptors (Lipinski definition) is 8. The normalized spacial score (nSPS) is 19.2. The molecule has 0 amide bonds. The largest absolute Gasteiger partial charge is 0.492 e. The molecule has 0 fully saturated rings. The van der Waals surface area contributed by atoms with E-state index < -0.39 is 73.5 Å². The van der Waals surface area contributed by atoms with Gasteiger partial charge in [-0.3, -0.25) is 4.55 Å². The zero-order chi connectivity index (χ0) is 45.4. The van der Waals surface area contributed by atoms with E-state index in [4.69, 9.17) is 9.57 Å². The molecule has 338 valence electrons. The van der Waals surface area contributed by atoms with E-state index in [1.165, 1.54) is 21.4 Å². The van der Waals surface area contributed by atoms with Crippen molar-refractivity contribution in [2.24, 2.45) is 5.41 Å². The fraction of sp³-hybridized carbons (Fsp3) is 0.447. The van der Waals surface area contributed by atoms with Gasteiger partial charge in [0.25, 0.3) is 15.8 Å². The van der Waals surface area contributed by atoms with E-state index in [1.807, 2.05) is 12.2 Å². The van der Waals surface area contributed by atoms with Crippen LogP contribution in [0.25, 0.3) is 5.57 Å². The number of aryl methyl sites for hydroxylation is 1. The van der Waals surface area contributed by atoms with Crippen molar-refractivity contribution in [3.63, 3.8) is 0 Å². The Kier molecular flexibility index (Phi) is 13.1. The molecular weight excluding hydrogens is 843 g/mol. The predicted molar refractivity (Wildman–Crippen MR) is 231 cm³/mol. The molecule has 7 rings (SSSR count). The zero-order valence-electron chi connectivity index (χ0n) is 35.9. The molecule has 16 heteroatoms. The molecular formula is C47H54F4N3O8S+. The maximum atomic E-state index is 16.0. The number of allylic oxidation sites excluding steroid dienone is 8. The predicted octanol–water partition coefficient (Wildman–Crippen LogP) is 9.30. The Hall–Kier alpha value is -5.35. The van der Waals surface area contributed by atoms with Crippen molar-refractivity contribution >= 4 is 38.7 Å². The third kappa shape index (κ3) is 9.33. The topological polar surface area (TPSA) is 142 Å². The Balaban J connectivity index is 1.21. The summed E-state index contributed by atoms with van der Waals surface area (Å²) in [5.74, 6) is -7.64. The van der Waals surface area contributed by atoms with Crippen LogP contribution in [-0.2, 0) is 33.2 Å². The molecule has 1 unspecified atom stereocenters. The van der Waals surface area contributed by atoms with Crippen LogP contribution >= 0.6 is 0 Å². The third-order valence-electron chi connectivity index (χ3n) is 12.3. The van der Waals surface area contributed by atoms with Gasteiger partial charge >= 0.3 is 5.97 Å². The minimum absolute atomic E-state index is 0.00204. The maximum Gasteiger partial charge on any atom is 0.333 e. The van der Waals surface area contributed by atoms with Gasteiger partial charge in [0, 0.05) is 66.4 Å². The summed E-state index contributed by atoms with van der Waals surface area (Å²) in [4.78, 5) is 19.9. The Bertz CT molecular complexity index is 2570. The first-order valence-electron chi connectivity index (χ1n) is 21.5. The highest BCUT2D eigenvalue weighted by Gasteiger charge is 2.53. The Morgan fingerprint density at radius 1 is 0.937 bits per heavy atom. The molecule has 4 aliphatic rings. The summed E-state index contributed by atoms with van der Waals surface area (Å²) in [6, 6.07) is 4.52. The van der Waals surface area contributed by atoms with Crippen molar-refractivity contribution in [1.29, 1.82) is 0 Å². The van der Waals surface area contributed by atoms with Gasteiger partial charge in [0.05, 0.1) is 16.7 Å². The second-order valence-corrected chi connectivity index (χ2v) is 19.4. The van der Waals surface area contributed by atoms with Crippen molar-refractivity contribution in [3.8, 4) is 17.5 Å². The molecule has 0 aliphatic carbocycles. The van der Waals surface area contributed by atoms with Crippen molar-refractivity contribution in [1.82, 2.24) is 4.73 Å². The Morgan fingerprint density at radius 3 is 2.33 bits per heavy atom. The number of unbranched alkanes of at least 4 members (excludes halogenated alkanes) is 3. The first-order valence-corrected chi connectivity index (χ1v) is 23.1. The lowest BCUT2D eigenvalue weighted by Crippen LogP contribution is -2.35. The lowest BCUT2D eigenvalue weighted by Gasteiger charge is -2.40. The number of hydrogen-bond donors (Lipinski definition) is 3. The highest BCUT2D eigenvalue weighted by atomic mass is 32.2. The Morgan fingerprint density at radius 2 is 1.63 bits per heavy atom. The van der Waals surface area contributed by atoms with Gasteiger partial charge < -0.3 is 24.7 Å². The van der Waals surface area contributed by atoms with Crippen LogP contribution in [0.15, 0.2) is 60.4 Å². The van der Waals surface area contributed by atoms with Gasteiger partial charge in [-0.1, -0.05) is 51.5 Å². The summed E-state index contributed by atoms with van der Waals surface area (Å²) >= 11 is 0. The SMILES string of the molecule is CC(C)(C)C1=CC(=CC=CC=CC2=[N+](CCCCCC(=O)On3c(O)ccc3O)c3c(F)c(F)c(F)c(F)c3C2(C)CCCCS(=O)(=O)O)c2cc3c4c(c2O1)CCCN4CCC3. The summed E-state index contributed by atoms with van der Waals surface area (Å²) in [7, 11) is -4.33. The number of anilines is 1. The van der Waals surface area contributed by atoms with E-state index >= 15 is 17.6 Å². The maximum absolute atomic E-state index is 16.0. The fourth-order valence-corrected chi connectivity index (χ4v) is 9.77. The lowest BCUT2D eigenvalue weighted by molar-refractivity contribution is -0.441. The number of fused-ring (bicyclic) bond motifs is 3. The van der Waals surface area contributed by atoms with E-state index in [9.17, 15) is 28.0 Å². The number of carbonyl (C=O) groups excluding carboxylic acids is 1. The van der Waals surface area contributed by atoms with E-state index in [-0.39, 0.29) is 50.5 Å². The van der Waals surface area contributed by atoms with Gasteiger partial charge in [-0.15, -0.1) is 4.73 Å². The van der Waals surface area contributed by atoms with Gasteiger partial charge in [0.2, 0.25) is 23.4 Å². The summed E-state index contributed by atoms with van der Waals surface area (Å²) in [6.45, 7) is 9.91. The van der Waals surface area contributed by atoms with Crippen LogP contribution in [-0.4, -0.2) is 69.6 Å². The highest BCUT2D eigenvalue weighted by molar-refractivity contribution is 7.85. The van der Waals surface area contributed by atoms with E-state index in [0.29, 0.717) is 16.9 Å². The molecule has 63 heavy (non-hydrogen) atoms. The minimum atomic E-state index is -4.33.